The van der Waals surface area contributed by atoms with Gasteiger partial charge in [-0.15, -0.1) is 0 Å². The molecule has 250 valence electrons. The molecule has 49 heavy (non-hydrogen) atoms. The average molecular weight is 657 g/mol. The Morgan fingerprint density at radius 1 is 1.00 bits per heavy atom. The Bertz CT molecular complexity index is 2010. The van der Waals surface area contributed by atoms with Gasteiger partial charge in [-0.1, -0.05) is 30.3 Å². The van der Waals surface area contributed by atoms with Crippen LogP contribution in [0.3, 0.4) is 0 Å². The molecule has 0 spiro atoms. The molecule has 2 amide bonds. The number of rotatable bonds is 8. The molecule has 5 heterocycles. The zero-order chi connectivity index (χ0) is 33.6. The minimum atomic E-state index is -0.817. The fourth-order valence-corrected chi connectivity index (χ4v) is 7.87. The molecule has 3 aliphatic rings. The number of ether oxygens (including phenoxy) is 1. The van der Waals surface area contributed by atoms with Crippen molar-refractivity contribution < 1.29 is 14.3 Å². The van der Waals surface area contributed by atoms with Crippen molar-refractivity contribution in [2.24, 2.45) is 7.05 Å². The molecule has 2 aromatic carbocycles. The fraction of sp³-hybridized carbons (Fsp3) is 0.342. The van der Waals surface area contributed by atoms with E-state index in [-0.39, 0.29) is 23.8 Å². The molecule has 1 aliphatic carbocycles. The quantitative estimate of drug-likeness (QED) is 0.206. The third kappa shape index (κ3) is 5.88. The topological polar surface area (TPSA) is 130 Å². The predicted molar refractivity (Wildman–Crippen MR) is 187 cm³/mol. The van der Waals surface area contributed by atoms with Gasteiger partial charge in [-0.2, -0.15) is 10.2 Å². The van der Waals surface area contributed by atoms with Crippen LogP contribution in [0.15, 0.2) is 73.1 Å². The van der Waals surface area contributed by atoms with Gasteiger partial charge in [0.1, 0.15) is 17.6 Å². The molecule has 5 aromatic rings. The Kier molecular flexibility index (Phi) is 7.99. The van der Waals surface area contributed by atoms with Gasteiger partial charge < -0.3 is 20.3 Å². The first-order valence-corrected chi connectivity index (χ1v) is 17.0. The Morgan fingerprint density at radius 2 is 1.82 bits per heavy atom. The van der Waals surface area contributed by atoms with Crippen molar-refractivity contribution in [3.05, 3.63) is 101 Å². The van der Waals surface area contributed by atoms with E-state index in [0.717, 1.165) is 83.9 Å². The first kappa shape index (κ1) is 31.0. The van der Waals surface area contributed by atoms with Gasteiger partial charge in [-0.3, -0.25) is 19.4 Å². The number of carbonyl (C=O) groups is 2. The van der Waals surface area contributed by atoms with Crippen LogP contribution in [0.1, 0.15) is 58.2 Å². The lowest BCUT2D eigenvalue weighted by Gasteiger charge is -2.33. The Labute approximate surface area is 285 Å². The number of anilines is 2. The SMILES string of the molecule is Cc1n[nH]c(C)c1-c1ccc(NC(=O)C(NC(=O)c2ccnn2C)[C@@H]2CCCc3ccc(-c4ccnc(N5C[C@H]6C[C@@H]5CO6)c4)cc32)cc1. The minimum absolute atomic E-state index is 0.232. The largest absolute Gasteiger partial charge is 0.374 e. The van der Waals surface area contributed by atoms with Crippen LogP contribution < -0.4 is 15.5 Å². The number of hydrogen-bond donors (Lipinski definition) is 3. The lowest BCUT2D eigenvalue weighted by Crippen LogP contribution is -2.48. The minimum Gasteiger partial charge on any atom is -0.374 e. The van der Waals surface area contributed by atoms with E-state index in [9.17, 15) is 9.59 Å². The number of aromatic amines is 1. The number of aryl methyl sites for hydroxylation is 4. The molecule has 1 unspecified atom stereocenters. The van der Waals surface area contributed by atoms with E-state index in [2.05, 4.69) is 55.1 Å². The summed E-state index contributed by atoms with van der Waals surface area (Å²) in [6.45, 7) is 5.58. The van der Waals surface area contributed by atoms with Gasteiger partial charge in [0.2, 0.25) is 5.91 Å². The molecule has 2 aliphatic heterocycles. The maximum Gasteiger partial charge on any atom is 0.270 e. The van der Waals surface area contributed by atoms with Gasteiger partial charge >= 0.3 is 0 Å². The van der Waals surface area contributed by atoms with E-state index >= 15 is 0 Å². The average Bonchev–Trinajstić information content (AvgIpc) is 3.93. The van der Waals surface area contributed by atoms with Crippen molar-refractivity contribution >= 4 is 23.3 Å². The molecule has 2 fully saturated rings. The molecule has 3 aromatic heterocycles. The maximum atomic E-state index is 14.3. The van der Waals surface area contributed by atoms with Crippen LogP contribution in [-0.2, 0) is 23.0 Å². The summed E-state index contributed by atoms with van der Waals surface area (Å²) in [7, 11) is 1.72. The van der Waals surface area contributed by atoms with Crippen molar-refractivity contribution in [1.82, 2.24) is 30.3 Å². The molecule has 0 saturated carbocycles. The highest BCUT2D eigenvalue weighted by Gasteiger charge is 2.40. The second-order valence-corrected chi connectivity index (χ2v) is 13.5. The number of carbonyl (C=O) groups excluding carboxylic acids is 2. The normalized spacial score (nSPS) is 20.2. The van der Waals surface area contributed by atoms with Crippen LogP contribution in [0.25, 0.3) is 22.3 Å². The third-order valence-corrected chi connectivity index (χ3v) is 10.4. The summed E-state index contributed by atoms with van der Waals surface area (Å²) in [5.74, 6) is 0.128. The molecule has 3 N–H and O–H groups in total. The Hall–Kier alpha value is -5.29. The van der Waals surface area contributed by atoms with Crippen molar-refractivity contribution in [2.45, 2.75) is 63.6 Å². The lowest BCUT2D eigenvalue weighted by atomic mass is 9.77. The molecule has 0 radical (unpaired) electrons. The smallest absolute Gasteiger partial charge is 0.270 e. The van der Waals surface area contributed by atoms with Crippen molar-refractivity contribution in [3.63, 3.8) is 0 Å². The highest BCUT2D eigenvalue weighted by atomic mass is 16.5. The van der Waals surface area contributed by atoms with Crippen LogP contribution in [0, 0.1) is 13.8 Å². The van der Waals surface area contributed by atoms with Crippen LogP contribution >= 0.6 is 0 Å². The number of hydrogen-bond acceptors (Lipinski definition) is 7. The number of benzene rings is 2. The zero-order valence-electron chi connectivity index (χ0n) is 27.9. The molecule has 8 rings (SSSR count). The van der Waals surface area contributed by atoms with Crippen molar-refractivity contribution in [2.75, 3.05) is 23.4 Å². The molecular weight excluding hydrogens is 616 g/mol. The number of nitrogens with zero attached hydrogens (tertiary/aromatic N) is 5. The standard InChI is InChI=1S/C38H40N8O3/c1-22-35(23(2)44-43-22)25-9-11-28(12-10-25)41-38(48)36(42-37(47)33-14-16-40-45(33)3)31-6-4-5-24-7-8-26(17-32(24)31)27-13-15-39-34(18-27)46-20-30-19-29(46)21-49-30/h7-18,29-31,36H,4-6,19-21H2,1-3H3,(H,41,48)(H,42,47)(H,43,44)/t29-,30-,31-,36?/m1/s1. The van der Waals surface area contributed by atoms with Crippen molar-refractivity contribution in [3.8, 4) is 22.3 Å². The molecule has 2 saturated heterocycles. The number of pyridine rings is 1. The molecule has 11 heteroatoms. The van der Waals surface area contributed by atoms with E-state index in [0.29, 0.717) is 17.4 Å². The summed E-state index contributed by atoms with van der Waals surface area (Å²) in [5.41, 5.74) is 9.44. The van der Waals surface area contributed by atoms with E-state index < -0.39 is 6.04 Å². The summed E-state index contributed by atoms with van der Waals surface area (Å²) < 4.78 is 7.34. The number of fused-ring (bicyclic) bond motifs is 3. The van der Waals surface area contributed by atoms with Crippen molar-refractivity contribution in [1.29, 1.82) is 0 Å². The van der Waals surface area contributed by atoms with Gasteiger partial charge in [0.15, 0.2) is 0 Å². The van der Waals surface area contributed by atoms with E-state index in [4.69, 9.17) is 9.72 Å². The maximum absolute atomic E-state index is 14.3. The Morgan fingerprint density at radius 3 is 2.53 bits per heavy atom. The highest BCUT2D eigenvalue weighted by Crippen LogP contribution is 2.39. The Balaban J connectivity index is 1.10. The second-order valence-electron chi connectivity index (χ2n) is 13.5. The summed E-state index contributed by atoms with van der Waals surface area (Å²) >= 11 is 0. The van der Waals surface area contributed by atoms with Gasteiger partial charge in [0, 0.05) is 48.8 Å². The lowest BCUT2D eigenvalue weighted by molar-refractivity contribution is -0.118. The van der Waals surface area contributed by atoms with Gasteiger partial charge in [0.05, 0.1) is 24.4 Å². The number of amides is 2. The van der Waals surface area contributed by atoms with Gasteiger partial charge in [-0.25, -0.2) is 4.98 Å². The van der Waals surface area contributed by atoms with Gasteiger partial charge in [0.25, 0.3) is 5.91 Å². The molecule has 4 atom stereocenters. The van der Waals surface area contributed by atoms with E-state index in [1.165, 1.54) is 10.2 Å². The zero-order valence-corrected chi connectivity index (χ0v) is 27.9. The summed E-state index contributed by atoms with van der Waals surface area (Å²) in [5, 5.41) is 17.7. The highest BCUT2D eigenvalue weighted by molar-refractivity contribution is 6.01. The molecule has 11 nitrogen and oxygen atoms in total. The summed E-state index contributed by atoms with van der Waals surface area (Å²) in [6.07, 6.45) is 7.39. The van der Waals surface area contributed by atoms with Crippen LogP contribution in [0.2, 0.25) is 0 Å². The summed E-state index contributed by atoms with van der Waals surface area (Å²) in [4.78, 5) is 34.9. The van der Waals surface area contributed by atoms with Crippen LogP contribution in [-0.4, -0.2) is 68.1 Å². The monoisotopic (exact) mass is 656 g/mol. The second kappa shape index (κ2) is 12.6. The van der Waals surface area contributed by atoms with Gasteiger partial charge in [-0.05, 0) is 97.7 Å². The molecular formula is C38H40N8O3. The first-order chi connectivity index (χ1) is 23.8. The summed E-state index contributed by atoms with van der Waals surface area (Å²) in [6, 6.07) is 19.7. The number of aromatic nitrogens is 5. The molecule has 2 bridgehead atoms. The third-order valence-electron chi connectivity index (χ3n) is 10.4. The first-order valence-electron chi connectivity index (χ1n) is 17.0. The number of nitrogens with one attached hydrogen (secondary N) is 3. The van der Waals surface area contributed by atoms with Crippen LogP contribution in [0.5, 0.6) is 0 Å². The number of morpholine rings is 1. The van der Waals surface area contributed by atoms with Crippen LogP contribution in [0.4, 0.5) is 11.5 Å². The van der Waals surface area contributed by atoms with E-state index in [1.54, 1.807) is 19.3 Å². The number of H-pyrrole nitrogens is 1. The predicted octanol–water partition coefficient (Wildman–Crippen LogP) is 5.32. The fourth-order valence-electron chi connectivity index (χ4n) is 7.87. The van der Waals surface area contributed by atoms with E-state index in [1.807, 2.05) is 50.4 Å².